The van der Waals surface area contributed by atoms with Crippen LogP contribution in [0.15, 0.2) is 27.8 Å². The maximum absolute atomic E-state index is 12.9. The lowest BCUT2D eigenvalue weighted by Crippen LogP contribution is -2.41. The summed E-state index contributed by atoms with van der Waals surface area (Å²) in [5, 5.41) is 9.21. The number of hydrogen-bond acceptors (Lipinski definition) is 6. The number of rotatable bonds is 6. The fourth-order valence-corrected chi connectivity index (χ4v) is 3.10. The quantitative estimate of drug-likeness (QED) is 0.593. The van der Waals surface area contributed by atoms with E-state index in [-0.39, 0.29) is 17.7 Å². The first kappa shape index (κ1) is 19.8. The number of terminal acetylenes is 1. The first-order valence-electron chi connectivity index (χ1n) is 8.41. The van der Waals surface area contributed by atoms with Crippen molar-refractivity contribution in [2.24, 2.45) is 7.05 Å². The van der Waals surface area contributed by atoms with Crippen LogP contribution in [-0.2, 0) is 24.9 Å². The van der Waals surface area contributed by atoms with Gasteiger partial charge in [-0.15, -0.1) is 6.42 Å². The summed E-state index contributed by atoms with van der Waals surface area (Å²) < 4.78 is 13.7. The Balaban J connectivity index is 2.38. The van der Waals surface area contributed by atoms with Gasteiger partial charge in [-0.05, 0) is 18.2 Å². The minimum atomic E-state index is -1.25. The number of aliphatic carboxylic acids is 1. The molecule has 0 spiro atoms. The van der Waals surface area contributed by atoms with Gasteiger partial charge in [0.05, 0.1) is 20.8 Å². The summed E-state index contributed by atoms with van der Waals surface area (Å²) in [6, 6.07) is 5.05. The standard InChI is InChI=1S/C19H18N4O6/c1-5-8-22-18(26)15-17(23(19(22)27)10-14(24)25)20-16(21(15)2)11-6-7-12(28-3)13(9-11)29-4/h1,6-7,9H,8,10H2,2-4H3,(H,24,25). The number of carboxylic acid groups (broad SMARTS) is 1. The lowest BCUT2D eigenvalue weighted by Gasteiger charge is -2.09. The third kappa shape index (κ3) is 3.23. The van der Waals surface area contributed by atoms with Gasteiger partial charge in [0.15, 0.2) is 22.7 Å². The monoisotopic (exact) mass is 398 g/mol. The van der Waals surface area contributed by atoms with Crippen LogP contribution < -0.4 is 20.7 Å². The molecule has 2 aromatic heterocycles. The molecular formula is C19H18N4O6. The predicted molar refractivity (Wildman–Crippen MR) is 104 cm³/mol. The summed E-state index contributed by atoms with van der Waals surface area (Å²) in [7, 11) is 4.59. The van der Waals surface area contributed by atoms with Crippen molar-refractivity contribution in [2.75, 3.05) is 14.2 Å². The van der Waals surface area contributed by atoms with E-state index in [0.717, 1.165) is 9.13 Å². The van der Waals surface area contributed by atoms with Crippen LogP contribution in [0, 0.1) is 12.3 Å². The van der Waals surface area contributed by atoms with Crippen LogP contribution in [0.4, 0.5) is 0 Å². The number of ether oxygens (including phenoxy) is 2. The zero-order chi connectivity index (χ0) is 21.3. The summed E-state index contributed by atoms with van der Waals surface area (Å²) in [6.45, 7) is -0.952. The highest BCUT2D eigenvalue weighted by atomic mass is 16.5. The van der Waals surface area contributed by atoms with Crippen LogP contribution in [0.3, 0.4) is 0 Å². The lowest BCUT2D eigenvalue weighted by molar-refractivity contribution is -0.137. The molecule has 29 heavy (non-hydrogen) atoms. The highest BCUT2D eigenvalue weighted by molar-refractivity contribution is 5.79. The maximum atomic E-state index is 12.9. The third-order valence-electron chi connectivity index (χ3n) is 4.43. The molecule has 0 aliphatic carbocycles. The largest absolute Gasteiger partial charge is 0.493 e. The number of aryl methyl sites for hydroxylation is 1. The Morgan fingerprint density at radius 1 is 1.21 bits per heavy atom. The molecule has 0 aliphatic heterocycles. The number of carbonyl (C=O) groups is 1. The van der Waals surface area contributed by atoms with Crippen molar-refractivity contribution in [3.63, 3.8) is 0 Å². The van der Waals surface area contributed by atoms with E-state index < -0.39 is 23.8 Å². The molecule has 1 N–H and O–H groups in total. The first-order valence-corrected chi connectivity index (χ1v) is 8.41. The van der Waals surface area contributed by atoms with E-state index in [1.165, 1.54) is 18.8 Å². The Hall–Kier alpha value is -4.00. The van der Waals surface area contributed by atoms with Crippen LogP contribution in [0.5, 0.6) is 11.5 Å². The number of imidazole rings is 1. The van der Waals surface area contributed by atoms with Crippen molar-refractivity contribution in [2.45, 2.75) is 13.1 Å². The molecule has 1 aromatic carbocycles. The Morgan fingerprint density at radius 2 is 1.90 bits per heavy atom. The molecule has 0 amide bonds. The number of methoxy groups -OCH3 is 2. The van der Waals surface area contributed by atoms with Crippen LogP contribution in [0.1, 0.15) is 0 Å². The van der Waals surface area contributed by atoms with Crippen LogP contribution in [0.2, 0.25) is 0 Å². The highest BCUT2D eigenvalue weighted by Gasteiger charge is 2.22. The van der Waals surface area contributed by atoms with E-state index in [1.807, 2.05) is 0 Å². The Morgan fingerprint density at radius 3 is 2.48 bits per heavy atom. The van der Waals surface area contributed by atoms with Crippen molar-refractivity contribution in [3.05, 3.63) is 39.0 Å². The zero-order valence-corrected chi connectivity index (χ0v) is 16.0. The molecule has 0 fully saturated rings. The number of nitrogens with zero attached hydrogens (tertiary/aromatic N) is 4. The highest BCUT2D eigenvalue weighted by Crippen LogP contribution is 2.32. The molecule has 10 nitrogen and oxygen atoms in total. The summed E-state index contributed by atoms with van der Waals surface area (Å²) in [6.07, 6.45) is 5.26. The smallest absolute Gasteiger partial charge is 0.334 e. The van der Waals surface area contributed by atoms with Crippen LogP contribution in [0.25, 0.3) is 22.6 Å². The van der Waals surface area contributed by atoms with E-state index in [2.05, 4.69) is 10.9 Å². The molecule has 10 heteroatoms. The van der Waals surface area contributed by atoms with Gasteiger partial charge in [-0.25, -0.2) is 14.3 Å². The van der Waals surface area contributed by atoms with E-state index >= 15 is 0 Å². The normalized spacial score (nSPS) is 10.7. The summed E-state index contributed by atoms with van der Waals surface area (Å²) in [4.78, 5) is 41.2. The zero-order valence-electron chi connectivity index (χ0n) is 16.0. The van der Waals surface area contributed by atoms with Gasteiger partial charge in [0.25, 0.3) is 5.56 Å². The van der Waals surface area contributed by atoms with E-state index in [0.29, 0.717) is 22.9 Å². The summed E-state index contributed by atoms with van der Waals surface area (Å²) in [5.74, 6) is 2.29. The second-order valence-electron chi connectivity index (χ2n) is 6.09. The van der Waals surface area contributed by atoms with Gasteiger partial charge in [-0.3, -0.25) is 14.2 Å². The van der Waals surface area contributed by atoms with Gasteiger partial charge in [0.2, 0.25) is 0 Å². The second kappa shape index (κ2) is 7.55. The van der Waals surface area contributed by atoms with Crippen molar-refractivity contribution in [3.8, 4) is 35.2 Å². The molecule has 0 radical (unpaired) electrons. The topological polar surface area (TPSA) is 118 Å². The second-order valence-corrected chi connectivity index (χ2v) is 6.09. The number of carboxylic acids is 1. The van der Waals surface area contributed by atoms with Crippen molar-refractivity contribution in [1.29, 1.82) is 0 Å². The predicted octanol–water partition coefficient (Wildman–Crippen LogP) is 0.299. The Labute approximate surface area is 164 Å². The van der Waals surface area contributed by atoms with E-state index in [9.17, 15) is 19.5 Å². The fraction of sp³-hybridized carbons (Fsp3) is 0.263. The molecule has 0 bridgehead atoms. The number of benzene rings is 1. The number of fused-ring (bicyclic) bond motifs is 1. The van der Waals surface area contributed by atoms with Gasteiger partial charge in [0, 0.05) is 12.6 Å². The van der Waals surface area contributed by atoms with Gasteiger partial charge < -0.3 is 19.1 Å². The fourth-order valence-electron chi connectivity index (χ4n) is 3.10. The average molecular weight is 398 g/mol. The Kier molecular flexibility index (Phi) is 5.14. The summed E-state index contributed by atoms with van der Waals surface area (Å²) in [5.41, 5.74) is -0.876. The molecule has 3 aromatic rings. The molecular weight excluding hydrogens is 380 g/mol. The SMILES string of the molecule is C#CCn1c(=O)c2c(nc(-c3ccc(OC)c(OC)c3)n2C)n(CC(=O)O)c1=O. The molecule has 150 valence electrons. The van der Waals surface area contributed by atoms with Crippen molar-refractivity contribution < 1.29 is 19.4 Å². The summed E-state index contributed by atoms with van der Waals surface area (Å²) >= 11 is 0. The average Bonchev–Trinajstić information content (AvgIpc) is 3.05. The molecule has 0 unspecified atom stereocenters. The van der Waals surface area contributed by atoms with Gasteiger partial charge >= 0.3 is 11.7 Å². The van der Waals surface area contributed by atoms with Gasteiger partial charge in [0.1, 0.15) is 12.4 Å². The minimum absolute atomic E-state index is 0.0389. The van der Waals surface area contributed by atoms with E-state index in [1.54, 1.807) is 25.2 Å². The van der Waals surface area contributed by atoms with Crippen molar-refractivity contribution >= 4 is 17.1 Å². The molecule has 0 saturated carbocycles. The van der Waals surface area contributed by atoms with Crippen LogP contribution in [-0.4, -0.2) is 44.0 Å². The van der Waals surface area contributed by atoms with Gasteiger partial charge in [-0.2, -0.15) is 0 Å². The first-order chi connectivity index (χ1) is 13.8. The minimum Gasteiger partial charge on any atom is -0.493 e. The number of hydrogen-bond donors (Lipinski definition) is 1. The molecule has 2 heterocycles. The molecule has 0 aliphatic rings. The number of aromatic nitrogens is 4. The lowest BCUT2D eigenvalue weighted by atomic mass is 10.2. The van der Waals surface area contributed by atoms with Crippen molar-refractivity contribution in [1.82, 2.24) is 18.7 Å². The van der Waals surface area contributed by atoms with Crippen LogP contribution >= 0.6 is 0 Å². The molecule has 0 atom stereocenters. The maximum Gasteiger partial charge on any atom is 0.334 e. The van der Waals surface area contributed by atoms with E-state index in [4.69, 9.17) is 15.9 Å². The molecule has 0 saturated heterocycles. The van der Waals surface area contributed by atoms with Gasteiger partial charge in [-0.1, -0.05) is 5.92 Å². The molecule has 3 rings (SSSR count). The Bertz CT molecular complexity index is 1280. The third-order valence-corrected chi connectivity index (χ3v) is 4.43.